The largest absolute Gasteiger partial charge is 0.472 e. The van der Waals surface area contributed by atoms with Crippen molar-refractivity contribution in [2.24, 2.45) is 0 Å². The number of aliphatic hydroxyl groups excluding tert-OH is 3. The molecule has 6 rings (SSSR count). The van der Waals surface area contributed by atoms with Crippen LogP contribution < -0.4 is 11.5 Å². The number of methoxy groups -OCH3 is 1. The molecule has 0 saturated carbocycles. The summed E-state index contributed by atoms with van der Waals surface area (Å²) in [4.78, 5) is 34.9. The molecule has 0 aliphatic carbocycles. The lowest BCUT2D eigenvalue weighted by atomic mass is 10.1. The Kier molecular flexibility index (Phi) is 7.51. The van der Waals surface area contributed by atoms with Crippen LogP contribution in [-0.2, 0) is 27.8 Å². The number of phosphoric ester groups is 1. The molecular weight excluding hydrogens is 583 g/mol. The van der Waals surface area contributed by atoms with Crippen LogP contribution in [-0.4, -0.2) is 116 Å². The van der Waals surface area contributed by atoms with Crippen LogP contribution in [0.2, 0.25) is 0 Å². The second-order valence-electron chi connectivity index (χ2n) is 9.49. The highest BCUT2D eigenvalue weighted by molar-refractivity contribution is 7.47. The zero-order valence-corrected chi connectivity index (χ0v) is 22.7. The smallest absolute Gasteiger partial charge is 0.394 e. The number of anilines is 2. The van der Waals surface area contributed by atoms with Crippen molar-refractivity contribution in [3.05, 3.63) is 25.3 Å². The van der Waals surface area contributed by atoms with E-state index in [9.17, 15) is 24.8 Å². The van der Waals surface area contributed by atoms with Gasteiger partial charge >= 0.3 is 7.82 Å². The van der Waals surface area contributed by atoms with Crippen molar-refractivity contribution >= 4 is 41.8 Å². The number of aliphatic hydroxyl groups is 3. The lowest BCUT2D eigenvalue weighted by Crippen LogP contribution is -2.36. The maximum atomic E-state index is 13.1. The van der Waals surface area contributed by atoms with E-state index in [-0.39, 0.29) is 22.8 Å². The maximum Gasteiger partial charge on any atom is 0.472 e. The summed E-state index contributed by atoms with van der Waals surface area (Å²) in [6.07, 6.45) is -4.81. The summed E-state index contributed by atoms with van der Waals surface area (Å²) in [5, 5.41) is 31.3. The number of hydrogen-bond acceptors (Lipinski definition) is 17. The summed E-state index contributed by atoms with van der Waals surface area (Å²) in [6, 6.07) is 0. The van der Waals surface area contributed by atoms with E-state index in [4.69, 9.17) is 34.7 Å². The predicted octanol–water partition coefficient (Wildman–Crippen LogP) is -2.14. The van der Waals surface area contributed by atoms with Gasteiger partial charge in [-0.25, -0.2) is 34.5 Å². The number of hydrogen-bond donors (Lipinski definition) is 6. The van der Waals surface area contributed by atoms with Gasteiger partial charge in [-0.2, -0.15) is 0 Å². The lowest BCUT2D eigenvalue weighted by Gasteiger charge is -2.25. The van der Waals surface area contributed by atoms with Gasteiger partial charge in [-0.05, 0) is 0 Å². The molecule has 2 aliphatic heterocycles. The number of nitrogen functional groups attached to an aromatic ring is 2. The molecule has 42 heavy (non-hydrogen) atoms. The van der Waals surface area contributed by atoms with Crippen molar-refractivity contribution in [2.45, 2.75) is 49.1 Å². The third-order valence-corrected chi connectivity index (χ3v) is 8.04. The molecule has 6 heterocycles. The van der Waals surface area contributed by atoms with Crippen LogP contribution in [0.1, 0.15) is 12.5 Å². The topological polar surface area (TPSA) is 283 Å². The van der Waals surface area contributed by atoms with Crippen molar-refractivity contribution in [1.29, 1.82) is 0 Å². The van der Waals surface area contributed by atoms with Crippen LogP contribution in [0.3, 0.4) is 0 Å². The van der Waals surface area contributed by atoms with E-state index in [0.717, 1.165) is 0 Å². The highest BCUT2D eigenvalue weighted by Gasteiger charge is 2.51. The number of ether oxygens (including phenoxy) is 3. The van der Waals surface area contributed by atoms with Crippen molar-refractivity contribution < 1.29 is 48.0 Å². The number of aromatic nitrogens is 8. The Labute approximate surface area is 235 Å². The van der Waals surface area contributed by atoms with Crippen molar-refractivity contribution in [3.63, 3.8) is 0 Å². The Morgan fingerprint density at radius 1 is 0.881 bits per heavy atom. The second-order valence-corrected chi connectivity index (χ2v) is 10.9. The van der Waals surface area contributed by atoms with Crippen LogP contribution in [0.25, 0.3) is 22.3 Å². The fraction of sp³-hybridized carbons (Fsp3) is 0.524. The van der Waals surface area contributed by atoms with Gasteiger partial charge in [0.15, 0.2) is 35.4 Å². The molecule has 2 aliphatic rings. The number of rotatable bonds is 9. The molecule has 20 nitrogen and oxygen atoms in total. The summed E-state index contributed by atoms with van der Waals surface area (Å²) in [5.41, 5.74) is 12.7. The Balaban J connectivity index is 1.19. The van der Waals surface area contributed by atoms with Crippen LogP contribution in [0.15, 0.2) is 25.3 Å². The average Bonchev–Trinajstić information content (AvgIpc) is 3.72. The third kappa shape index (κ3) is 4.86. The zero-order chi connectivity index (χ0) is 29.8. The number of nitrogens with two attached hydrogens (primary N) is 2. The monoisotopic (exact) mass is 610 g/mol. The van der Waals surface area contributed by atoms with Gasteiger partial charge in [-0.15, -0.1) is 0 Å². The van der Waals surface area contributed by atoms with Crippen molar-refractivity contribution in [2.75, 3.05) is 31.8 Å². The summed E-state index contributed by atoms with van der Waals surface area (Å²) in [5.74, 6) is 0.218. The van der Waals surface area contributed by atoms with E-state index < -0.39 is 70.1 Å². The molecule has 2 saturated heterocycles. The Morgan fingerprint density at radius 3 is 1.95 bits per heavy atom. The van der Waals surface area contributed by atoms with Gasteiger partial charge in [0, 0.05) is 7.11 Å². The highest BCUT2D eigenvalue weighted by Crippen LogP contribution is 2.50. The van der Waals surface area contributed by atoms with E-state index in [2.05, 4.69) is 29.9 Å². The van der Waals surface area contributed by atoms with E-state index in [1.807, 2.05) is 0 Å². The zero-order valence-electron chi connectivity index (χ0n) is 21.8. The quantitative estimate of drug-likeness (QED) is 0.110. The molecule has 4 aromatic heterocycles. The van der Waals surface area contributed by atoms with E-state index >= 15 is 0 Å². The number of imidazole rings is 2. The van der Waals surface area contributed by atoms with Gasteiger partial charge in [0.05, 0.1) is 25.9 Å². The number of fused-ring (bicyclic) bond motifs is 2. The SMILES string of the molecule is COC1C(O)C(COP(=O)(O)OC2C(O)C(CO)OC2n2cnc3c(N)ncnc32)OC1n1cnc2c(N)ncnc21. The van der Waals surface area contributed by atoms with E-state index in [1.165, 1.54) is 41.6 Å². The predicted molar refractivity (Wildman–Crippen MR) is 138 cm³/mol. The van der Waals surface area contributed by atoms with Gasteiger partial charge in [-0.3, -0.25) is 18.2 Å². The molecule has 0 bridgehead atoms. The van der Waals surface area contributed by atoms with Crippen molar-refractivity contribution in [3.8, 4) is 0 Å². The summed E-state index contributed by atoms with van der Waals surface area (Å²) >= 11 is 0. The van der Waals surface area contributed by atoms with Gasteiger partial charge in [-0.1, -0.05) is 0 Å². The Morgan fingerprint density at radius 2 is 1.40 bits per heavy atom. The molecule has 8 N–H and O–H groups in total. The van der Waals surface area contributed by atoms with Crippen molar-refractivity contribution in [1.82, 2.24) is 39.0 Å². The standard InChI is InChI=1S/C21H27N10O10P/c1-37-14-13(34)9(40-20(14)30-6-28-10-16(22)24-4-26-18(10)30)3-38-42(35,36)41-15-12(33)8(2-32)39-21(15)31-7-29-11-17(23)25-5-27-19(11)31/h4-9,12-15,20-21,32-34H,2-3H2,1H3,(H,35,36)(H2,22,24,26)(H2,23,25,27). The molecule has 9 unspecified atom stereocenters. The highest BCUT2D eigenvalue weighted by atomic mass is 31.2. The Bertz CT molecular complexity index is 1640. The number of nitrogens with zero attached hydrogens (tertiary/aromatic N) is 8. The molecule has 4 aromatic rings. The fourth-order valence-electron chi connectivity index (χ4n) is 5.01. The van der Waals surface area contributed by atoms with Gasteiger partial charge in [0.2, 0.25) is 0 Å². The molecule has 9 atom stereocenters. The summed E-state index contributed by atoms with van der Waals surface area (Å²) < 4.78 is 43.4. The van der Waals surface area contributed by atoms with E-state index in [1.54, 1.807) is 0 Å². The van der Waals surface area contributed by atoms with Crippen LogP contribution >= 0.6 is 7.82 Å². The first kappa shape index (κ1) is 28.7. The summed E-state index contributed by atoms with van der Waals surface area (Å²) in [6.45, 7) is -1.25. The molecule has 2 fully saturated rings. The molecule has 0 amide bonds. The first-order valence-corrected chi connectivity index (χ1v) is 14.0. The maximum absolute atomic E-state index is 13.1. The Hall–Kier alpha value is -3.43. The van der Waals surface area contributed by atoms with Crippen LogP contribution in [0, 0.1) is 0 Å². The minimum absolute atomic E-state index is 0.0760. The van der Waals surface area contributed by atoms with Gasteiger partial charge < -0.3 is 45.9 Å². The minimum Gasteiger partial charge on any atom is -0.394 e. The molecule has 21 heteroatoms. The third-order valence-electron chi connectivity index (χ3n) is 7.06. The first-order valence-electron chi connectivity index (χ1n) is 12.5. The second kappa shape index (κ2) is 11.0. The normalized spacial score (nSPS) is 31.3. The lowest BCUT2D eigenvalue weighted by molar-refractivity contribution is -0.0644. The first-order chi connectivity index (χ1) is 20.1. The summed E-state index contributed by atoms with van der Waals surface area (Å²) in [7, 11) is -3.60. The van der Waals surface area contributed by atoms with Crippen LogP contribution in [0.5, 0.6) is 0 Å². The molecule has 226 valence electrons. The number of phosphoric acid groups is 1. The fourth-order valence-corrected chi connectivity index (χ4v) is 5.94. The molecule has 0 aromatic carbocycles. The minimum atomic E-state index is -4.96. The molecule has 0 radical (unpaired) electrons. The average molecular weight is 610 g/mol. The van der Waals surface area contributed by atoms with Crippen LogP contribution in [0.4, 0.5) is 11.6 Å². The molecular formula is C21H27N10O10P. The van der Waals surface area contributed by atoms with E-state index in [0.29, 0.717) is 11.2 Å². The van der Waals surface area contributed by atoms with Gasteiger partial charge in [0.1, 0.15) is 60.3 Å². The molecule has 0 spiro atoms. The van der Waals surface area contributed by atoms with Gasteiger partial charge in [0.25, 0.3) is 0 Å².